The molecular weight excluding hydrogens is 302 g/mol. The smallest absolute Gasteiger partial charge is 0.202 e. The molecule has 2 aliphatic rings. The van der Waals surface area contributed by atoms with Crippen LogP contribution in [0.3, 0.4) is 0 Å². The Kier molecular flexibility index (Phi) is 2.72. The number of nitrogens with one attached hydrogen (secondary N) is 2. The molecule has 1 saturated carbocycles. The lowest BCUT2D eigenvalue weighted by Crippen LogP contribution is -2.44. The first-order chi connectivity index (χ1) is 11.7. The number of nitrogens with two attached hydrogens (primary N) is 1. The molecular formula is C18H17N5O. The number of hydrogen-bond acceptors (Lipinski definition) is 6. The fraction of sp³-hybridized carbons (Fsp3) is 0.222. The van der Waals surface area contributed by atoms with Crippen molar-refractivity contribution in [3.8, 4) is 0 Å². The highest BCUT2D eigenvalue weighted by Crippen LogP contribution is 2.48. The Hall–Kier alpha value is -2.86. The highest BCUT2D eigenvalue weighted by Gasteiger charge is 2.49. The van der Waals surface area contributed by atoms with Gasteiger partial charge in [-0.1, -0.05) is 18.2 Å². The van der Waals surface area contributed by atoms with Gasteiger partial charge in [-0.3, -0.25) is 4.98 Å². The number of furan rings is 1. The first kappa shape index (κ1) is 13.6. The summed E-state index contributed by atoms with van der Waals surface area (Å²) in [6.07, 6.45) is 5.59. The predicted molar refractivity (Wildman–Crippen MR) is 93.7 cm³/mol. The second kappa shape index (κ2) is 4.82. The molecule has 5 rings (SSSR count). The van der Waals surface area contributed by atoms with Gasteiger partial charge in [0, 0.05) is 23.6 Å². The molecule has 4 N–H and O–H groups in total. The number of aromatic nitrogens is 1. The topological polar surface area (TPSA) is 88.5 Å². The summed E-state index contributed by atoms with van der Waals surface area (Å²) in [5.74, 6) is 1.68. The number of hydrogen-bond donors (Lipinski definition) is 3. The van der Waals surface area contributed by atoms with Crippen molar-refractivity contribution in [2.75, 3.05) is 10.6 Å². The first-order valence-corrected chi connectivity index (χ1v) is 8.08. The average Bonchev–Trinajstić information content (AvgIpc) is 3.35. The maximum absolute atomic E-state index is 6.60. The number of guanidine groups is 1. The summed E-state index contributed by atoms with van der Waals surface area (Å²) in [6, 6.07) is 11.8. The van der Waals surface area contributed by atoms with Crippen LogP contribution in [-0.4, -0.2) is 10.9 Å². The zero-order valence-corrected chi connectivity index (χ0v) is 13.0. The molecule has 0 saturated heterocycles. The molecule has 3 heterocycles. The van der Waals surface area contributed by atoms with Gasteiger partial charge in [-0.05, 0) is 25.0 Å². The Labute approximate surface area is 138 Å². The standard InChI is InChI=1S/C18H17N5O/c19-18(11-5-6-11)16-15(8-10-24-16)22-17(23-18)21-14-7-9-20-13-4-2-1-3-12(13)14/h1-4,7-11H,5-6,19H2,(H2,20,21,22,23). The largest absolute Gasteiger partial charge is 0.463 e. The van der Waals surface area contributed by atoms with Crippen LogP contribution in [0.2, 0.25) is 0 Å². The van der Waals surface area contributed by atoms with E-state index in [4.69, 9.17) is 15.1 Å². The maximum Gasteiger partial charge on any atom is 0.202 e. The summed E-state index contributed by atoms with van der Waals surface area (Å²) in [5, 5.41) is 7.68. The molecule has 1 atom stereocenters. The Bertz CT molecular complexity index is 953. The molecule has 6 nitrogen and oxygen atoms in total. The van der Waals surface area contributed by atoms with Crippen molar-refractivity contribution in [2.45, 2.75) is 18.5 Å². The van der Waals surface area contributed by atoms with Crippen LogP contribution in [0.1, 0.15) is 18.6 Å². The number of para-hydroxylation sites is 1. The lowest BCUT2D eigenvalue weighted by Gasteiger charge is -2.30. The molecule has 1 aromatic carbocycles. The van der Waals surface area contributed by atoms with Crippen molar-refractivity contribution in [2.24, 2.45) is 16.6 Å². The summed E-state index contributed by atoms with van der Waals surface area (Å²) in [7, 11) is 0. The molecule has 0 amide bonds. The minimum absolute atomic E-state index is 0.329. The van der Waals surface area contributed by atoms with Crippen LogP contribution in [-0.2, 0) is 5.66 Å². The van der Waals surface area contributed by atoms with Gasteiger partial charge >= 0.3 is 0 Å². The summed E-state index contributed by atoms with van der Waals surface area (Å²) in [5.41, 5.74) is 8.56. The number of pyridine rings is 1. The molecule has 1 fully saturated rings. The van der Waals surface area contributed by atoms with Gasteiger partial charge < -0.3 is 20.8 Å². The maximum atomic E-state index is 6.60. The summed E-state index contributed by atoms with van der Waals surface area (Å²) < 4.78 is 5.61. The van der Waals surface area contributed by atoms with Gasteiger partial charge in [0.2, 0.25) is 5.96 Å². The van der Waals surface area contributed by atoms with Crippen LogP contribution in [0.15, 0.2) is 58.3 Å². The van der Waals surface area contributed by atoms with E-state index < -0.39 is 5.66 Å². The van der Waals surface area contributed by atoms with Crippen molar-refractivity contribution >= 4 is 28.2 Å². The fourth-order valence-corrected chi connectivity index (χ4v) is 3.30. The zero-order chi connectivity index (χ0) is 16.1. The van der Waals surface area contributed by atoms with E-state index in [0.717, 1.165) is 40.9 Å². The van der Waals surface area contributed by atoms with E-state index in [1.54, 1.807) is 12.5 Å². The SMILES string of the molecule is NC1(C2CC2)N=C(Nc2ccnc3ccccc23)Nc2ccoc21. The monoisotopic (exact) mass is 319 g/mol. The second-order valence-corrected chi connectivity index (χ2v) is 6.35. The second-order valence-electron chi connectivity index (χ2n) is 6.35. The van der Waals surface area contributed by atoms with Crippen molar-refractivity contribution in [3.05, 3.63) is 54.6 Å². The Morgan fingerprint density at radius 3 is 2.96 bits per heavy atom. The van der Waals surface area contributed by atoms with Crippen LogP contribution in [0, 0.1) is 5.92 Å². The fourth-order valence-electron chi connectivity index (χ4n) is 3.30. The van der Waals surface area contributed by atoms with Gasteiger partial charge in [-0.25, -0.2) is 4.99 Å². The number of anilines is 2. The molecule has 1 unspecified atom stereocenters. The molecule has 3 aromatic rings. The van der Waals surface area contributed by atoms with Crippen molar-refractivity contribution < 1.29 is 4.42 Å². The Balaban J connectivity index is 1.56. The minimum atomic E-state index is -0.796. The molecule has 120 valence electrons. The van der Waals surface area contributed by atoms with Gasteiger partial charge in [-0.2, -0.15) is 0 Å². The summed E-state index contributed by atoms with van der Waals surface area (Å²) in [6.45, 7) is 0. The van der Waals surface area contributed by atoms with Crippen LogP contribution >= 0.6 is 0 Å². The van der Waals surface area contributed by atoms with Crippen LogP contribution in [0.5, 0.6) is 0 Å². The van der Waals surface area contributed by atoms with Crippen LogP contribution < -0.4 is 16.4 Å². The van der Waals surface area contributed by atoms with E-state index in [1.807, 2.05) is 36.4 Å². The van der Waals surface area contributed by atoms with Crippen molar-refractivity contribution in [1.29, 1.82) is 0 Å². The highest BCUT2D eigenvalue weighted by molar-refractivity contribution is 6.09. The normalized spacial score (nSPS) is 22.6. The van der Waals surface area contributed by atoms with E-state index in [-0.39, 0.29) is 0 Å². The van der Waals surface area contributed by atoms with Gasteiger partial charge in [0.25, 0.3) is 0 Å². The van der Waals surface area contributed by atoms with E-state index >= 15 is 0 Å². The lowest BCUT2D eigenvalue weighted by atomic mass is 10.0. The minimum Gasteiger partial charge on any atom is -0.463 e. The zero-order valence-electron chi connectivity index (χ0n) is 13.0. The molecule has 0 spiro atoms. The Morgan fingerprint density at radius 2 is 2.08 bits per heavy atom. The van der Waals surface area contributed by atoms with Gasteiger partial charge in [0.15, 0.2) is 11.4 Å². The third-order valence-corrected chi connectivity index (χ3v) is 4.68. The van der Waals surface area contributed by atoms with E-state index in [9.17, 15) is 0 Å². The molecule has 0 radical (unpaired) electrons. The third-order valence-electron chi connectivity index (χ3n) is 4.68. The number of benzene rings is 1. The Morgan fingerprint density at radius 1 is 1.21 bits per heavy atom. The van der Waals surface area contributed by atoms with E-state index in [1.165, 1.54) is 0 Å². The van der Waals surface area contributed by atoms with Crippen molar-refractivity contribution in [3.63, 3.8) is 0 Å². The predicted octanol–water partition coefficient (Wildman–Crippen LogP) is 3.24. The highest BCUT2D eigenvalue weighted by atomic mass is 16.3. The number of aliphatic imine (C=N–C) groups is 1. The molecule has 1 aliphatic carbocycles. The van der Waals surface area contributed by atoms with E-state index in [0.29, 0.717) is 11.9 Å². The lowest BCUT2D eigenvalue weighted by molar-refractivity contribution is 0.315. The number of fused-ring (bicyclic) bond motifs is 2. The van der Waals surface area contributed by atoms with Gasteiger partial charge in [0.05, 0.1) is 23.2 Å². The molecule has 24 heavy (non-hydrogen) atoms. The molecule has 2 aromatic heterocycles. The summed E-state index contributed by atoms with van der Waals surface area (Å²) in [4.78, 5) is 9.14. The van der Waals surface area contributed by atoms with E-state index in [2.05, 4.69) is 15.6 Å². The first-order valence-electron chi connectivity index (χ1n) is 8.08. The quantitative estimate of drug-likeness (QED) is 0.675. The third kappa shape index (κ3) is 2.00. The summed E-state index contributed by atoms with van der Waals surface area (Å²) >= 11 is 0. The average molecular weight is 319 g/mol. The number of nitrogens with zero attached hydrogens (tertiary/aromatic N) is 2. The molecule has 0 bridgehead atoms. The van der Waals surface area contributed by atoms with Crippen molar-refractivity contribution in [1.82, 2.24) is 4.98 Å². The van der Waals surface area contributed by atoms with Crippen LogP contribution in [0.4, 0.5) is 11.4 Å². The van der Waals surface area contributed by atoms with Crippen LogP contribution in [0.25, 0.3) is 10.9 Å². The molecule has 1 aliphatic heterocycles. The number of rotatable bonds is 2. The van der Waals surface area contributed by atoms with Gasteiger partial charge in [-0.15, -0.1) is 0 Å². The molecule has 6 heteroatoms. The van der Waals surface area contributed by atoms with Gasteiger partial charge in [0.1, 0.15) is 0 Å².